The number of rotatable bonds is 4. The summed E-state index contributed by atoms with van der Waals surface area (Å²) in [6.45, 7) is 2.20. The van der Waals surface area contributed by atoms with E-state index >= 15 is 0 Å². The average molecular weight is 597 g/mol. The second-order valence-electron chi connectivity index (χ2n) is 12.6. The molecule has 0 saturated carbocycles. The van der Waals surface area contributed by atoms with Gasteiger partial charge in [-0.25, -0.2) is 0 Å². The van der Waals surface area contributed by atoms with Crippen LogP contribution in [-0.4, -0.2) is 0 Å². The van der Waals surface area contributed by atoms with E-state index in [2.05, 4.69) is 183 Å². The van der Waals surface area contributed by atoms with Crippen molar-refractivity contribution in [3.8, 4) is 44.5 Å². The highest BCUT2D eigenvalue weighted by Gasteiger charge is 2.17. The molecule has 0 heteroatoms. The van der Waals surface area contributed by atoms with Crippen LogP contribution in [0, 0.1) is 6.92 Å². The van der Waals surface area contributed by atoms with Crippen LogP contribution in [0.25, 0.3) is 87.6 Å². The molecule has 0 saturated heterocycles. The molecule has 9 aromatic carbocycles. The van der Waals surface area contributed by atoms with E-state index in [0.717, 1.165) is 0 Å². The third-order valence-electron chi connectivity index (χ3n) is 9.65. The molecule has 220 valence electrons. The monoisotopic (exact) mass is 596 g/mol. The van der Waals surface area contributed by atoms with Crippen molar-refractivity contribution >= 4 is 43.1 Å². The fourth-order valence-electron chi connectivity index (χ4n) is 7.34. The highest BCUT2D eigenvalue weighted by Crippen LogP contribution is 2.45. The van der Waals surface area contributed by atoms with E-state index in [1.165, 1.54) is 93.2 Å². The molecule has 0 aliphatic carbocycles. The van der Waals surface area contributed by atoms with E-state index in [-0.39, 0.29) is 0 Å². The summed E-state index contributed by atoms with van der Waals surface area (Å²) in [5.41, 5.74) is 11.3. The second kappa shape index (κ2) is 11.1. The molecule has 0 bridgehead atoms. The minimum Gasteiger partial charge on any atom is -0.0622 e. The van der Waals surface area contributed by atoms with Crippen molar-refractivity contribution in [1.29, 1.82) is 0 Å². The summed E-state index contributed by atoms with van der Waals surface area (Å²) in [5.74, 6) is 0. The lowest BCUT2D eigenvalue weighted by molar-refractivity contribution is 1.51. The van der Waals surface area contributed by atoms with E-state index in [0.29, 0.717) is 0 Å². The molecule has 0 spiro atoms. The molecule has 0 aromatic heterocycles. The van der Waals surface area contributed by atoms with Gasteiger partial charge in [0.25, 0.3) is 0 Å². The number of aryl methyl sites for hydroxylation is 1. The van der Waals surface area contributed by atoms with Crippen LogP contribution >= 0.6 is 0 Å². The number of fused-ring (bicyclic) bond motifs is 4. The molecule has 0 amide bonds. The largest absolute Gasteiger partial charge is 0.0622 e. The quantitative estimate of drug-likeness (QED) is 0.177. The zero-order valence-corrected chi connectivity index (χ0v) is 26.2. The van der Waals surface area contributed by atoms with Gasteiger partial charge in [-0.1, -0.05) is 157 Å². The Balaban J connectivity index is 1.24. The van der Waals surface area contributed by atoms with Crippen LogP contribution in [-0.2, 0) is 0 Å². The zero-order valence-electron chi connectivity index (χ0n) is 26.2. The first-order valence-electron chi connectivity index (χ1n) is 16.3. The van der Waals surface area contributed by atoms with Crippen molar-refractivity contribution in [3.63, 3.8) is 0 Å². The Morgan fingerprint density at radius 3 is 1.13 bits per heavy atom. The summed E-state index contributed by atoms with van der Waals surface area (Å²) in [7, 11) is 0. The lowest BCUT2D eigenvalue weighted by Crippen LogP contribution is -1.92. The first-order valence-corrected chi connectivity index (χ1v) is 16.3. The molecule has 0 heterocycles. The summed E-state index contributed by atoms with van der Waals surface area (Å²) in [6, 6.07) is 64.7. The molecule has 0 aliphatic rings. The van der Waals surface area contributed by atoms with Gasteiger partial charge < -0.3 is 0 Å². The summed E-state index contributed by atoms with van der Waals surface area (Å²) in [4.78, 5) is 0. The Hall–Kier alpha value is -5.98. The first-order chi connectivity index (χ1) is 23.2. The molecular weight excluding hydrogens is 565 g/mol. The molecular formula is C47H32. The summed E-state index contributed by atoms with van der Waals surface area (Å²) in [5, 5.41) is 10.1. The third kappa shape index (κ3) is 4.78. The van der Waals surface area contributed by atoms with Crippen molar-refractivity contribution in [2.24, 2.45) is 0 Å². The van der Waals surface area contributed by atoms with Gasteiger partial charge in [0.2, 0.25) is 0 Å². The highest BCUT2D eigenvalue weighted by atomic mass is 14.2. The van der Waals surface area contributed by atoms with Crippen molar-refractivity contribution in [2.45, 2.75) is 6.92 Å². The fraction of sp³-hybridized carbons (Fsp3) is 0.0213. The van der Waals surface area contributed by atoms with Gasteiger partial charge in [-0.2, -0.15) is 0 Å². The van der Waals surface area contributed by atoms with Gasteiger partial charge in [0.05, 0.1) is 0 Å². The first kappa shape index (κ1) is 27.3. The lowest BCUT2D eigenvalue weighted by atomic mass is 9.84. The minimum atomic E-state index is 1.24. The van der Waals surface area contributed by atoms with Crippen molar-refractivity contribution in [3.05, 3.63) is 181 Å². The Morgan fingerprint density at radius 2 is 0.638 bits per heavy atom. The van der Waals surface area contributed by atoms with Crippen LogP contribution in [0.5, 0.6) is 0 Å². The van der Waals surface area contributed by atoms with E-state index in [4.69, 9.17) is 0 Å². The number of benzene rings is 9. The zero-order chi connectivity index (χ0) is 31.3. The second-order valence-corrected chi connectivity index (χ2v) is 12.6. The van der Waals surface area contributed by atoms with Crippen LogP contribution in [0.1, 0.15) is 5.56 Å². The van der Waals surface area contributed by atoms with Gasteiger partial charge in [0, 0.05) is 0 Å². The van der Waals surface area contributed by atoms with Crippen LogP contribution in [0.15, 0.2) is 176 Å². The average Bonchev–Trinajstić information content (AvgIpc) is 3.13. The highest BCUT2D eigenvalue weighted by molar-refractivity contribution is 6.22. The molecule has 0 nitrogen and oxygen atoms in total. The molecule has 0 N–H and O–H groups in total. The van der Waals surface area contributed by atoms with Crippen molar-refractivity contribution in [2.75, 3.05) is 0 Å². The van der Waals surface area contributed by atoms with Gasteiger partial charge in [0.1, 0.15) is 0 Å². The lowest BCUT2D eigenvalue weighted by Gasteiger charge is -2.19. The maximum atomic E-state index is 2.37. The van der Waals surface area contributed by atoms with E-state index in [9.17, 15) is 0 Å². The van der Waals surface area contributed by atoms with Crippen molar-refractivity contribution in [1.82, 2.24) is 0 Å². The van der Waals surface area contributed by atoms with E-state index in [1.54, 1.807) is 0 Å². The Bertz CT molecular complexity index is 2610. The maximum Gasteiger partial charge on any atom is -0.00261 e. The summed E-state index contributed by atoms with van der Waals surface area (Å²) in [6.07, 6.45) is 0. The molecule has 0 atom stereocenters. The molecule has 0 fully saturated rings. The Morgan fingerprint density at radius 1 is 0.255 bits per heavy atom. The topological polar surface area (TPSA) is 0 Å². The molecule has 0 unspecified atom stereocenters. The third-order valence-corrected chi connectivity index (χ3v) is 9.65. The molecule has 9 rings (SSSR count). The van der Waals surface area contributed by atoms with Gasteiger partial charge in [-0.05, 0) is 119 Å². The predicted octanol–water partition coefficient (Wildman–Crippen LogP) is 13.3. The van der Waals surface area contributed by atoms with Gasteiger partial charge >= 0.3 is 0 Å². The summed E-state index contributed by atoms with van der Waals surface area (Å²) < 4.78 is 0. The predicted molar refractivity (Wildman–Crippen MR) is 203 cm³/mol. The Labute approximate surface area is 275 Å². The molecule has 0 aliphatic heterocycles. The molecule has 47 heavy (non-hydrogen) atoms. The van der Waals surface area contributed by atoms with E-state index < -0.39 is 0 Å². The van der Waals surface area contributed by atoms with Gasteiger partial charge in [0.15, 0.2) is 0 Å². The minimum absolute atomic E-state index is 1.24. The van der Waals surface area contributed by atoms with Gasteiger partial charge in [-0.3, -0.25) is 0 Å². The number of hydrogen-bond acceptors (Lipinski definition) is 0. The molecule has 0 radical (unpaired) electrons. The standard InChI is InChI=1S/C47H32/c1-31-16-25-44-45(26-31)47(41-24-22-37-28-35(18-20-39(37)30-41)33-12-6-3-7-13-33)43-15-9-8-14-42(43)46(44)40-23-21-36-27-34(17-19-38(36)29-40)32-10-4-2-5-11-32/h2-30H,1H3. The Kier molecular flexibility index (Phi) is 6.47. The van der Waals surface area contributed by atoms with Crippen LogP contribution in [0.2, 0.25) is 0 Å². The SMILES string of the molecule is Cc1ccc2c(-c3ccc4cc(-c5ccccc5)ccc4c3)c3ccccc3c(-c3ccc4cc(-c5ccccc5)ccc4c3)c2c1. The van der Waals surface area contributed by atoms with Crippen LogP contribution in [0.3, 0.4) is 0 Å². The fourth-order valence-corrected chi connectivity index (χ4v) is 7.34. The molecule has 9 aromatic rings. The maximum absolute atomic E-state index is 2.37. The van der Waals surface area contributed by atoms with Crippen molar-refractivity contribution < 1.29 is 0 Å². The van der Waals surface area contributed by atoms with Crippen LogP contribution < -0.4 is 0 Å². The van der Waals surface area contributed by atoms with Crippen LogP contribution in [0.4, 0.5) is 0 Å². The smallest absolute Gasteiger partial charge is 0.00261 e. The normalized spacial score (nSPS) is 11.5. The van der Waals surface area contributed by atoms with E-state index in [1.807, 2.05) is 0 Å². The number of hydrogen-bond donors (Lipinski definition) is 0. The van der Waals surface area contributed by atoms with Gasteiger partial charge in [-0.15, -0.1) is 0 Å². The summed E-state index contributed by atoms with van der Waals surface area (Å²) >= 11 is 0.